The minimum absolute atomic E-state index is 0.00142. The topological polar surface area (TPSA) is 47.6 Å². The summed E-state index contributed by atoms with van der Waals surface area (Å²) in [5.41, 5.74) is 1.02. The molecule has 0 unspecified atom stereocenters. The van der Waals surface area contributed by atoms with Gasteiger partial charge in [0.05, 0.1) is 19.8 Å². The molecule has 0 aromatic heterocycles. The number of carbonyl (C=O) groups is 1. The summed E-state index contributed by atoms with van der Waals surface area (Å²) in [5.74, 6) is 0.795. The molecule has 1 rings (SSSR count). The molecule has 0 bridgehead atoms. The first-order chi connectivity index (χ1) is 8.61. The molecule has 0 atom stereocenters. The average Bonchev–Trinajstić information content (AvgIpc) is 2.36. The summed E-state index contributed by atoms with van der Waals surface area (Å²) in [6.45, 7) is 4.88. The van der Waals surface area contributed by atoms with Crippen LogP contribution in [0.2, 0.25) is 0 Å². The molecule has 0 saturated carbocycles. The van der Waals surface area contributed by atoms with Crippen LogP contribution in [-0.2, 0) is 16.1 Å². The summed E-state index contributed by atoms with van der Waals surface area (Å²) in [7, 11) is 1.63. The van der Waals surface area contributed by atoms with Crippen molar-refractivity contribution in [3.8, 4) is 5.75 Å². The van der Waals surface area contributed by atoms with Crippen LogP contribution in [-0.4, -0.2) is 25.7 Å². The van der Waals surface area contributed by atoms with Crippen molar-refractivity contribution in [3.63, 3.8) is 0 Å². The zero-order valence-corrected chi connectivity index (χ0v) is 11.2. The van der Waals surface area contributed by atoms with Gasteiger partial charge in [-0.2, -0.15) is 0 Å². The van der Waals surface area contributed by atoms with E-state index in [9.17, 15) is 4.79 Å². The number of nitrogens with one attached hydrogen (secondary N) is 1. The number of hydrogen-bond donors (Lipinski definition) is 1. The van der Waals surface area contributed by atoms with E-state index in [0.29, 0.717) is 19.6 Å². The standard InChI is InChI=1S/C14H21NO3/c1-11(2)18-8-7-14(16)15-10-12-5-4-6-13(9-12)17-3/h4-6,9,11H,7-8,10H2,1-3H3,(H,15,16). The van der Waals surface area contributed by atoms with Gasteiger partial charge in [0.25, 0.3) is 0 Å². The highest BCUT2D eigenvalue weighted by Gasteiger charge is 2.03. The van der Waals surface area contributed by atoms with Gasteiger partial charge >= 0.3 is 0 Å². The Morgan fingerprint density at radius 3 is 2.83 bits per heavy atom. The summed E-state index contributed by atoms with van der Waals surface area (Å²) in [6.07, 6.45) is 0.554. The molecular formula is C14H21NO3. The molecule has 0 aliphatic heterocycles. The van der Waals surface area contributed by atoms with Gasteiger partial charge in [0, 0.05) is 13.0 Å². The van der Waals surface area contributed by atoms with Crippen molar-refractivity contribution in [2.75, 3.05) is 13.7 Å². The predicted molar refractivity (Wildman–Crippen MR) is 70.5 cm³/mol. The fraction of sp³-hybridized carbons (Fsp3) is 0.500. The van der Waals surface area contributed by atoms with Crippen molar-refractivity contribution in [1.29, 1.82) is 0 Å². The van der Waals surface area contributed by atoms with Gasteiger partial charge in [-0.1, -0.05) is 12.1 Å². The lowest BCUT2D eigenvalue weighted by molar-refractivity contribution is -0.122. The van der Waals surface area contributed by atoms with Crippen LogP contribution in [0.4, 0.5) is 0 Å². The predicted octanol–water partition coefficient (Wildman–Crippen LogP) is 2.13. The van der Waals surface area contributed by atoms with Gasteiger partial charge in [0.1, 0.15) is 5.75 Å². The Morgan fingerprint density at radius 1 is 1.39 bits per heavy atom. The molecule has 100 valence electrons. The van der Waals surface area contributed by atoms with Crippen LogP contribution in [0, 0.1) is 0 Å². The van der Waals surface area contributed by atoms with E-state index in [1.807, 2.05) is 38.1 Å². The highest BCUT2D eigenvalue weighted by atomic mass is 16.5. The number of benzene rings is 1. The highest BCUT2D eigenvalue weighted by molar-refractivity contribution is 5.75. The molecule has 0 radical (unpaired) electrons. The van der Waals surface area contributed by atoms with Crippen molar-refractivity contribution >= 4 is 5.91 Å². The molecule has 1 N–H and O–H groups in total. The van der Waals surface area contributed by atoms with Crippen molar-refractivity contribution in [3.05, 3.63) is 29.8 Å². The van der Waals surface area contributed by atoms with Gasteiger partial charge < -0.3 is 14.8 Å². The maximum Gasteiger partial charge on any atom is 0.222 e. The van der Waals surface area contributed by atoms with E-state index in [0.717, 1.165) is 11.3 Å². The smallest absolute Gasteiger partial charge is 0.222 e. The summed E-state index contributed by atoms with van der Waals surface area (Å²) in [4.78, 5) is 11.5. The van der Waals surface area contributed by atoms with E-state index >= 15 is 0 Å². The van der Waals surface area contributed by atoms with Gasteiger partial charge in [0.15, 0.2) is 0 Å². The maximum atomic E-state index is 11.5. The van der Waals surface area contributed by atoms with E-state index in [1.54, 1.807) is 7.11 Å². The second-order valence-electron chi connectivity index (χ2n) is 4.30. The number of amides is 1. The van der Waals surface area contributed by atoms with Crippen LogP contribution in [0.5, 0.6) is 5.75 Å². The Morgan fingerprint density at radius 2 is 2.17 bits per heavy atom. The van der Waals surface area contributed by atoms with Crippen molar-refractivity contribution in [1.82, 2.24) is 5.32 Å². The molecule has 1 amide bonds. The molecule has 1 aromatic rings. The minimum atomic E-state index is -0.00142. The van der Waals surface area contributed by atoms with E-state index in [-0.39, 0.29) is 12.0 Å². The third-order valence-corrected chi connectivity index (χ3v) is 2.40. The number of carbonyl (C=O) groups excluding carboxylic acids is 1. The Bertz CT molecular complexity index is 377. The van der Waals surface area contributed by atoms with Crippen LogP contribution in [0.15, 0.2) is 24.3 Å². The fourth-order valence-corrected chi connectivity index (χ4v) is 1.46. The molecule has 4 heteroatoms. The molecule has 0 aliphatic rings. The SMILES string of the molecule is COc1cccc(CNC(=O)CCOC(C)C)c1. The molecule has 18 heavy (non-hydrogen) atoms. The largest absolute Gasteiger partial charge is 0.497 e. The lowest BCUT2D eigenvalue weighted by Gasteiger charge is -2.08. The van der Waals surface area contributed by atoms with Gasteiger partial charge in [-0.05, 0) is 31.5 Å². The summed E-state index contributed by atoms with van der Waals surface area (Å²) in [6, 6.07) is 7.64. The van der Waals surface area contributed by atoms with Gasteiger partial charge in [-0.25, -0.2) is 0 Å². The molecule has 0 heterocycles. The monoisotopic (exact) mass is 251 g/mol. The summed E-state index contributed by atoms with van der Waals surface area (Å²) in [5, 5.41) is 2.85. The van der Waals surface area contributed by atoms with E-state index < -0.39 is 0 Å². The second kappa shape index (κ2) is 7.71. The van der Waals surface area contributed by atoms with Crippen LogP contribution < -0.4 is 10.1 Å². The van der Waals surface area contributed by atoms with Crippen LogP contribution in [0.3, 0.4) is 0 Å². The normalized spacial score (nSPS) is 10.4. The van der Waals surface area contributed by atoms with Crippen molar-refractivity contribution in [2.45, 2.75) is 32.9 Å². The Kier molecular flexibility index (Phi) is 6.22. The van der Waals surface area contributed by atoms with Gasteiger partial charge in [-0.3, -0.25) is 4.79 Å². The van der Waals surface area contributed by atoms with Crippen molar-refractivity contribution < 1.29 is 14.3 Å². The number of hydrogen-bond acceptors (Lipinski definition) is 3. The van der Waals surface area contributed by atoms with Gasteiger partial charge in [-0.15, -0.1) is 0 Å². The van der Waals surface area contributed by atoms with E-state index in [4.69, 9.17) is 9.47 Å². The second-order valence-corrected chi connectivity index (χ2v) is 4.30. The molecule has 4 nitrogen and oxygen atoms in total. The lowest BCUT2D eigenvalue weighted by Crippen LogP contribution is -2.24. The third-order valence-electron chi connectivity index (χ3n) is 2.40. The zero-order chi connectivity index (χ0) is 13.4. The molecular weight excluding hydrogens is 230 g/mol. The highest BCUT2D eigenvalue weighted by Crippen LogP contribution is 2.12. The van der Waals surface area contributed by atoms with Crippen LogP contribution in [0.25, 0.3) is 0 Å². The molecule has 0 saturated heterocycles. The summed E-state index contributed by atoms with van der Waals surface area (Å²) >= 11 is 0. The zero-order valence-electron chi connectivity index (χ0n) is 11.2. The van der Waals surface area contributed by atoms with Crippen LogP contribution >= 0.6 is 0 Å². The average molecular weight is 251 g/mol. The Labute approximate surface area is 108 Å². The molecule has 0 aliphatic carbocycles. The number of rotatable bonds is 7. The minimum Gasteiger partial charge on any atom is -0.497 e. The van der Waals surface area contributed by atoms with Gasteiger partial charge in [0.2, 0.25) is 5.91 Å². The van der Waals surface area contributed by atoms with E-state index in [2.05, 4.69) is 5.32 Å². The third kappa shape index (κ3) is 5.68. The first-order valence-electron chi connectivity index (χ1n) is 6.13. The lowest BCUT2D eigenvalue weighted by atomic mass is 10.2. The maximum absolute atomic E-state index is 11.5. The van der Waals surface area contributed by atoms with E-state index in [1.165, 1.54) is 0 Å². The Hall–Kier alpha value is -1.55. The first-order valence-corrected chi connectivity index (χ1v) is 6.13. The molecule has 0 spiro atoms. The quantitative estimate of drug-likeness (QED) is 0.807. The summed E-state index contributed by atoms with van der Waals surface area (Å²) < 4.78 is 10.4. The Balaban J connectivity index is 2.29. The number of ether oxygens (including phenoxy) is 2. The number of methoxy groups -OCH3 is 1. The fourth-order valence-electron chi connectivity index (χ4n) is 1.46. The van der Waals surface area contributed by atoms with Crippen LogP contribution in [0.1, 0.15) is 25.8 Å². The molecule has 1 aromatic carbocycles. The molecule has 0 fully saturated rings. The first kappa shape index (κ1) is 14.5. The van der Waals surface area contributed by atoms with Crippen molar-refractivity contribution in [2.24, 2.45) is 0 Å².